The molecule has 3 rings (SSSR count). The van der Waals surface area contributed by atoms with Crippen LogP contribution in [0.5, 0.6) is 0 Å². The maximum absolute atomic E-state index is 12.8. The van der Waals surface area contributed by atoms with Gasteiger partial charge in [0.2, 0.25) is 11.8 Å². The van der Waals surface area contributed by atoms with Gasteiger partial charge in [0, 0.05) is 0 Å². The quantitative estimate of drug-likeness (QED) is 0.805. The first-order chi connectivity index (χ1) is 8.96. The van der Waals surface area contributed by atoms with Crippen molar-refractivity contribution in [1.82, 2.24) is 10.2 Å². The zero-order valence-corrected chi connectivity index (χ0v) is 11.8. The van der Waals surface area contributed by atoms with E-state index in [9.17, 15) is 9.59 Å². The molecule has 1 N–H and O–H groups in total. The van der Waals surface area contributed by atoms with Crippen molar-refractivity contribution in [2.45, 2.75) is 76.3 Å². The van der Waals surface area contributed by atoms with Gasteiger partial charge in [-0.05, 0) is 39.5 Å². The summed E-state index contributed by atoms with van der Waals surface area (Å²) in [6, 6.07) is -0.307. The van der Waals surface area contributed by atoms with Gasteiger partial charge in [-0.15, -0.1) is 0 Å². The number of rotatable bonds is 2. The number of carbonyl (C=O) groups is 2. The second-order valence-electron chi connectivity index (χ2n) is 6.24. The molecule has 2 amide bonds. The Balaban J connectivity index is 1.89. The lowest BCUT2D eigenvalue weighted by atomic mass is 9.87. The molecule has 0 aromatic carbocycles. The van der Waals surface area contributed by atoms with Crippen LogP contribution in [-0.4, -0.2) is 46.5 Å². The van der Waals surface area contributed by atoms with Gasteiger partial charge >= 0.3 is 0 Å². The number of ether oxygens (including phenoxy) is 1. The summed E-state index contributed by atoms with van der Waals surface area (Å²) in [4.78, 5) is 26.7. The molecule has 0 aliphatic carbocycles. The maximum Gasteiger partial charge on any atom is 0.249 e. The normalized spacial score (nSPS) is 45.7. The van der Waals surface area contributed by atoms with E-state index < -0.39 is 5.54 Å². The molecule has 5 unspecified atom stereocenters. The molecule has 5 nitrogen and oxygen atoms in total. The van der Waals surface area contributed by atoms with E-state index in [1.165, 1.54) is 0 Å². The van der Waals surface area contributed by atoms with Crippen LogP contribution >= 0.6 is 0 Å². The molecule has 3 aliphatic rings. The van der Waals surface area contributed by atoms with Crippen molar-refractivity contribution in [3.8, 4) is 0 Å². The summed E-state index contributed by atoms with van der Waals surface area (Å²) < 4.78 is 5.85. The first kappa shape index (κ1) is 12.9. The Bertz CT molecular complexity index is 425. The van der Waals surface area contributed by atoms with Crippen LogP contribution < -0.4 is 5.32 Å². The number of carbonyl (C=O) groups excluding carboxylic acids is 2. The van der Waals surface area contributed by atoms with Crippen molar-refractivity contribution in [3.05, 3.63) is 0 Å². The Morgan fingerprint density at radius 3 is 2.68 bits per heavy atom. The van der Waals surface area contributed by atoms with Crippen molar-refractivity contribution in [3.63, 3.8) is 0 Å². The molecule has 3 fully saturated rings. The summed E-state index contributed by atoms with van der Waals surface area (Å²) >= 11 is 0. The minimum atomic E-state index is -0.759. The van der Waals surface area contributed by atoms with Crippen LogP contribution in [0.25, 0.3) is 0 Å². The molecule has 0 spiro atoms. The Hall–Kier alpha value is -1.10. The molecule has 2 bridgehead atoms. The van der Waals surface area contributed by atoms with Crippen LogP contribution in [0.15, 0.2) is 0 Å². The monoisotopic (exact) mass is 266 g/mol. The highest BCUT2D eigenvalue weighted by Gasteiger charge is 2.53. The molecule has 3 aliphatic heterocycles. The van der Waals surface area contributed by atoms with E-state index in [-0.39, 0.29) is 36.1 Å². The largest absolute Gasteiger partial charge is 0.373 e. The van der Waals surface area contributed by atoms with Gasteiger partial charge in [-0.1, -0.05) is 6.92 Å². The average Bonchev–Trinajstić information content (AvgIpc) is 2.99. The Morgan fingerprint density at radius 1 is 1.42 bits per heavy atom. The fraction of sp³-hybridized carbons (Fsp3) is 0.857. The van der Waals surface area contributed by atoms with Crippen molar-refractivity contribution >= 4 is 11.8 Å². The fourth-order valence-electron chi connectivity index (χ4n) is 3.60. The lowest BCUT2D eigenvalue weighted by Gasteiger charge is -2.46. The Morgan fingerprint density at radius 2 is 2.16 bits per heavy atom. The van der Waals surface area contributed by atoms with Gasteiger partial charge in [-0.2, -0.15) is 0 Å². The first-order valence-electron chi connectivity index (χ1n) is 7.26. The molecular weight excluding hydrogens is 244 g/mol. The van der Waals surface area contributed by atoms with Crippen molar-refractivity contribution in [1.29, 1.82) is 0 Å². The Kier molecular flexibility index (Phi) is 2.85. The smallest absolute Gasteiger partial charge is 0.249 e. The second-order valence-corrected chi connectivity index (χ2v) is 6.24. The lowest BCUT2D eigenvalue weighted by molar-refractivity contribution is -0.157. The molecule has 106 valence electrons. The zero-order valence-electron chi connectivity index (χ0n) is 11.8. The number of amides is 2. The predicted octanol–water partition coefficient (Wildman–Crippen LogP) is 0.822. The summed E-state index contributed by atoms with van der Waals surface area (Å²) in [5, 5.41) is 2.87. The molecule has 0 aromatic heterocycles. The Labute approximate surface area is 113 Å². The lowest BCUT2D eigenvalue weighted by Crippen LogP contribution is -2.71. The van der Waals surface area contributed by atoms with Crippen molar-refractivity contribution in [2.75, 3.05) is 0 Å². The molecule has 3 heterocycles. The van der Waals surface area contributed by atoms with Gasteiger partial charge in [0.25, 0.3) is 0 Å². The van der Waals surface area contributed by atoms with Crippen molar-refractivity contribution < 1.29 is 14.3 Å². The molecule has 3 saturated heterocycles. The van der Waals surface area contributed by atoms with Crippen LogP contribution in [0.4, 0.5) is 0 Å². The topological polar surface area (TPSA) is 58.6 Å². The SMILES string of the molecule is CCC1(C)NC(=O)C(C)N(C2CC3CCC2O3)C1=O. The first-order valence-corrected chi connectivity index (χ1v) is 7.26. The van der Waals surface area contributed by atoms with Gasteiger partial charge in [-0.3, -0.25) is 9.59 Å². The van der Waals surface area contributed by atoms with E-state index in [0.717, 1.165) is 19.3 Å². The van der Waals surface area contributed by atoms with Crippen LogP contribution in [-0.2, 0) is 14.3 Å². The number of hydrogen-bond donors (Lipinski definition) is 1. The number of nitrogens with one attached hydrogen (secondary N) is 1. The summed E-state index contributed by atoms with van der Waals surface area (Å²) in [6.45, 7) is 5.57. The van der Waals surface area contributed by atoms with Gasteiger partial charge in [0.05, 0.1) is 18.2 Å². The number of nitrogens with zero attached hydrogens (tertiary/aromatic N) is 1. The molecule has 19 heavy (non-hydrogen) atoms. The third-order valence-electron chi connectivity index (χ3n) is 5.04. The zero-order chi connectivity index (χ0) is 13.8. The molecular formula is C14H22N2O3. The van der Waals surface area contributed by atoms with E-state index in [2.05, 4.69) is 5.32 Å². The van der Waals surface area contributed by atoms with Crippen LogP contribution in [0.2, 0.25) is 0 Å². The highest BCUT2D eigenvalue weighted by atomic mass is 16.5. The predicted molar refractivity (Wildman–Crippen MR) is 69.4 cm³/mol. The molecule has 5 atom stereocenters. The maximum atomic E-state index is 12.8. The van der Waals surface area contributed by atoms with E-state index in [0.29, 0.717) is 6.42 Å². The standard InChI is InChI=1S/C14H22N2O3/c1-4-14(3)13(18)16(8(2)12(17)15-14)10-7-9-5-6-11(10)19-9/h8-11H,4-7H2,1-3H3,(H,15,17). The van der Waals surface area contributed by atoms with Crippen LogP contribution in [0.1, 0.15) is 46.5 Å². The number of piperazine rings is 1. The van der Waals surface area contributed by atoms with Gasteiger partial charge in [0.1, 0.15) is 11.6 Å². The summed E-state index contributed by atoms with van der Waals surface area (Å²) in [7, 11) is 0. The van der Waals surface area contributed by atoms with Gasteiger partial charge < -0.3 is 15.0 Å². The second kappa shape index (κ2) is 4.20. The molecule has 0 saturated carbocycles. The summed E-state index contributed by atoms with van der Waals surface area (Å²) in [6.07, 6.45) is 4.01. The third kappa shape index (κ3) is 1.78. The molecule has 0 radical (unpaired) electrons. The third-order valence-corrected chi connectivity index (χ3v) is 5.04. The minimum absolute atomic E-state index is 0.0447. The highest BCUT2D eigenvalue weighted by molar-refractivity contribution is 5.99. The van der Waals surface area contributed by atoms with Crippen LogP contribution in [0, 0.1) is 0 Å². The minimum Gasteiger partial charge on any atom is -0.373 e. The summed E-state index contributed by atoms with van der Waals surface area (Å²) in [5.41, 5.74) is -0.759. The van der Waals surface area contributed by atoms with Crippen molar-refractivity contribution in [2.24, 2.45) is 0 Å². The fourth-order valence-corrected chi connectivity index (χ4v) is 3.60. The van der Waals surface area contributed by atoms with Gasteiger partial charge in [0.15, 0.2) is 0 Å². The number of fused-ring (bicyclic) bond motifs is 2. The summed E-state index contributed by atoms with van der Waals surface area (Å²) in [5.74, 6) is -0.00465. The number of hydrogen-bond acceptors (Lipinski definition) is 3. The van der Waals surface area contributed by atoms with Gasteiger partial charge in [-0.25, -0.2) is 0 Å². The highest BCUT2D eigenvalue weighted by Crippen LogP contribution is 2.39. The average molecular weight is 266 g/mol. The molecule has 5 heteroatoms. The van der Waals surface area contributed by atoms with E-state index >= 15 is 0 Å². The van der Waals surface area contributed by atoms with E-state index in [1.54, 1.807) is 4.90 Å². The molecule has 0 aromatic rings. The van der Waals surface area contributed by atoms with E-state index in [4.69, 9.17) is 4.74 Å². The van der Waals surface area contributed by atoms with E-state index in [1.807, 2.05) is 20.8 Å². The van der Waals surface area contributed by atoms with Crippen LogP contribution in [0.3, 0.4) is 0 Å².